The molecule has 0 unspecified atom stereocenters. The van der Waals surface area contributed by atoms with Gasteiger partial charge in [-0.2, -0.15) is 0 Å². The standard InChI is InChI=1S/C7H4BrNS.H6N3P3/c8-7-9-5-3-1-2-4-6(5)10-7;1-4-2-6-3-5-1/h1-4H;1-6H. The maximum absolute atomic E-state index is 4.25. The Morgan fingerprint density at radius 2 is 1.69 bits per heavy atom. The van der Waals surface area contributed by atoms with Crippen molar-refractivity contribution in [3.8, 4) is 0 Å². The van der Waals surface area contributed by atoms with E-state index < -0.39 is 0 Å². The lowest BCUT2D eigenvalue weighted by Gasteiger charge is -2.12. The molecular weight excluding hydrogens is 345 g/mol. The molecule has 3 N–H and O–H groups in total. The first-order valence-corrected chi connectivity index (χ1v) is 8.98. The third kappa shape index (κ3) is 4.21. The summed E-state index contributed by atoms with van der Waals surface area (Å²) in [4.78, 5) is 13.6. The van der Waals surface area contributed by atoms with Gasteiger partial charge in [-0.25, -0.2) is 4.98 Å². The molecule has 0 saturated carbocycles. The summed E-state index contributed by atoms with van der Waals surface area (Å²) in [5.41, 5.74) is 1.07. The first-order valence-electron chi connectivity index (χ1n) is 4.37. The van der Waals surface area contributed by atoms with E-state index in [1.807, 2.05) is 18.2 Å². The number of hydrogen-bond acceptors (Lipinski definition) is 5. The second-order valence-corrected chi connectivity index (χ2v) is 8.74. The van der Waals surface area contributed by atoms with Gasteiger partial charge in [-0.15, -0.1) is 11.3 Å². The Kier molecular flexibility index (Phi) is 5.98. The zero-order chi connectivity index (χ0) is 11.2. The Labute approximate surface area is 112 Å². The van der Waals surface area contributed by atoms with E-state index in [-0.39, 0.29) is 0 Å². The fourth-order valence-electron chi connectivity index (χ4n) is 1.03. The quantitative estimate of drug-likeness (QED) is 0.635. The van der Waals surface area contributed by atoms with E-state index >= 15 is 0 Å². The third-order valence-corrected chi connectivity index (χ3v) is 6.13. The number of benzene rings is 1. The maximum Gasteiger partial charge on any atom is 0.160 e. The molecule has 1 saturated heterocycles. The van der Waals surface area contributed by atoms with E-state index in [4.69, 9.17) is 0 Å². The van der Waals surface area contributed by atoms with Crippen LogP contribution in [0.25, 0.3) is 10.2 Å². The number of rotatable bonds is 0. The van der Waals surface area contributed by atoms with Crippen molar-refractivity contribution < 1.29 is 0 Å². The van der Waals surface area contributed by atoms with Crippen LogP contribution in [0.5, 0.6) is 0 Å². The molecule has 9 heteroatoms. The van der Waals surface area contributed by atoms with Crippen LogP contribution in [0.3, 0.4) is 0 Å². The summed E-state index contributed by atoms with van der Waals surface area (Å²) in [5.74, 6) is 0. The molecule has 1 aromatic heterocycles. The highest BCUT2D eigenvalue weighted by Crippen LogP contribution is 2.25. The molecule has 2 aromatic rings. The molecule has 1 aliphatic rings. The maximum atomic E-state index is 4.25. The van der Waals surface area contributed by atoms with E-state index in [1.54, 1.807) is 11.3 Å². The van der Waals surface area contributed by atoms with Crippen LogP contribution in [0.1, 0.15) is 0 Å². The Bertz CT molecular complexity index is 405. The van der Waals surface area contributed by atoms with Gasteiger partial charge in [0.15, 0.2) is 3.92 Å². The minimum absolute atomic E-state index is 0.764. The summed E-state index contributed by atoms with van der Waals surface area (Å²) < 4.78 is 2.18. The van der Waals surface area contributed by atoms with Gasteiger partial charge in [0, 0.05) is 26.6 Å². The molecule has 3 rings (SSSR count). The summed E-state index contributed by atoms with van der Waals surface area (Å²) in [6, 6.07) is 8.09. The van der Waals surface area contributed by atoms with Crippen molar-refractivity contribution >= 4 is 64.1 Å². The molecule has 0 amide bonds. The predicted octanol–water partition coefficient (Wildman–Crippen LogP) is 3.35. The van der Waals surface area contributed by atoms with E-state index in [0.717, 1.165) is 36.1 Å². The second kappa shape index (κ2) is 7.25. The summed E-state index contributed by atoms with van der Waals surface area (Å²) in [6.45, 7) is 0. The fourth-order valence-corrected chi connectivity index (χ4v) is 5.62. The highest BCUT2D eigenvalue weighted by atomic mass is 79.9. The predicted molar refractivity (Wildman–Crippen MR) is 81.7 cm³/mol. The average molecular weight is 355 g/mol. The number of para-hydroxylation sites is 1. The normalized spacial score (nSPS) is 20.1. The minimum atomic E-state index is 0.764. The zero-order valence-electron chi connectivity index (χ0n) is 8.04. The number of halogens is 1. The fraction of sp³-hybridized carbons (Fsp3) is 0. The SMILES string of the molecule is Brc1nc2ccccc2s1.N1PNPNP1. The minimum Gasteiger partial charge on any atom is -0.254 e. The zero-order valence-corrected chi connectivity index (χ0v) is 13.4. The topological polar surface area (TPSA) is 49.0 Å². The molecule has 0 bridgehead atoms. The molecule has 86 valence electrons. The molecule has 16 heavy (non-hydrogen) atoms. The molecular formula is C7H10BrN4P3S. The van der Waals surface area contributed by atoms with Crippen molar-refractivity contribution in [1.82, 2.24) is 19.6 Å². The van der Waals surface area contributed by atoms with E-state index in [9.17, 15) is 0 Å². The molecule has 1 fully saturated rings. The third-order valence-electron chi connectivity index (χ3n) is 1.64. The molecule has 0 atom stereocenters. The summed E-state index contributed by atoms with van der Waals surface area (Å²) in [6.07, 6.45) is 0. The highest BCUT2D eigenvalue weighted by molar-refractivity contribution is 9.11. The Morgan fingerprint density at radius 1 is 1.06 bits per heavy atom. The van der Waals surface area contributed by atoms with E-state index in [1.165, 1.54) is 4.70 Å². The Hall–Kier alpha value is 0.760. The van der Waals surface area contributed by atoms with Gasteiger partial charge in [0.05, 0.1) is 10.2 Å². The van der Waals surface area contributed by atoms with Gasteiger partial charge in [-0.05, 0) is 28.1 Å². The molecule has 4 nitrogen and oxygen atoms in total. The lowest BCUT2D eigenvalue weighted by atomic mass is 10.3. The number of aromatic nitrogens is 1. The number of fused-ring (bicyclic) bond motifs is 1. The van der Waals surface area contributed by atoms with E-state index in [2.05, 4.69) is 41.6 Å². The first kappa shape index (κ1) is 13.2. The summed E-state index contributed by atoms with van der Waals surface area (Å²) in [5, 5.41) is 0. The largest absolute Gasteiger partial charge is 0.254 e. The van der Waals surface area contributed by atoms with Crippen LogP contribution in [-0.4, -0.2) is 4.98 Å². The van der Waals surface area contributed by atoms with Gasteiger partial charge in [0.25, 0.3) is 0 Å². The summed E-state index contributed by atoms with van der Waals surface area (Å²) >= 11 is 4.99. The molecule has 0 radical (unpaired) electrons. The average Bonchev–Trinajstić information content (AvgIpc) is 2.72. The number of nitrogens with one attached hydrogen (secondary N) is 3. The van der Waals surface area contributed by atoms with Crippen LogP contribution in [-0.2, 0) is 0 Å². The van der Waals surface area contributed by atoms with Gasteiger partial charge in [-0.1, -0.05) is 12.1 Å². The monoisotopic (exact) mass is 354 g/mol. The van der Waals surface area contributed by atoms with Crippen molar-refractivity contribution in [2.75, 3.05) is 0 Å². The molecule has 2 heterocycles. The second-order valence-electron chi connectivity index (χ2n) is 2.68. The first-order chi connectivity index (χ1) is 7.86. The molecule has 0 aliphatic carbocycles. The number of nitrogens with zero attached hydrogens (tertiary/aromatic N) is 1. The van der Waals surface area contributed by atoms with E-state index in [0.29, 0.717) is 0 Å². The van der Waals surface area contributed by atoms with Gasteiger partial charge in [0.2, 0.25) is 0 Å². The summed E-state index contributed by atoms with van der Waals surface area (Å²) in [7, 11) is 2.29. The van der Waals surface area contributed by atoms with Gasteiger partial charge in [0.1, 0.15) is 0 Å². The van der Waals surface area contributed by atoms with Crippen molar-refractivity contribution in [2.24, 2.45) is 0 Å². The van der Waals surface area contributed by atoms with Crippen molar-refractivity contribution in [3.63, 3.8) is 0 Å². The van der Waals surface area contributed by atoms with Gasteiger partial charge >= 0.3 is 0 Å². The lowest BCUT2D eigenvalue weighted by molar-refractivity contribution is 1.44. The number of thiazole rings is 1. The van der Waals surface area contributed by atoms with Crippen molar-refractivity contribution in [3.05, 3.63) is 28.2 Å². The van der Waals surface area contributed by atoms with Crippen LogP contribution >= 0.6 is 53.9 Å². The highest BCUT2D eigenvalue weighted by Gasteiger charge is 1.96. The van der Waals surface area contributed by atoms with Crippen LogP contribution in [0.15, 0.2) is 28.2 Å². The lowest BCUT2D eigenvalue weighted by Crippen LogP contribution is -2.07. The Balaban J connectivity index is 0.000000138. The molecule has 1 aliphatic heterocycles. The Morgan fingerprint density at radius 3 is 2.25 bits per heavy atom. The van der Waals surface area contributed by atoms with Crippen molar-refractivity contribution in [1.29, 1.82) is 0 Å². The van der Waals surface area contributed by atoms with Crippen LogP contribution in [0.4, 0.5) is 0 Å². The van der Waals surface area contributed by atoms with Gasteiger partial charge in [-0.3, -0.25) is 14.6 Å². The van der Waals surface area contributed by atoms with Crippen LogP contribution in [0.2, 0.25) is 0 Å². The van der Waals surface area contributed by atoms with Crippen LogP contribution < -0.4 is 14.6 Å². The smallest absolute Gasteiger partial charge is 0.160 e. The van der Waals surface area contributed by atoms with Gasteiger partial charge < -0.3 is 0 Å². The number of hydrogen-bond donors (Lipinski definition) is 3. The molecule has 0 spiro atoms. The van der Waals surface area contributed by atoms with Crippen molar-refractivity contribution in [2.45, 2.75) is 0 Å². The van der Waals surface area contributed by atoms with Crippen LogP contribution in [0, 0.1) is 0 Å². The molecule has 1 aromatic carbocycles.